The van der Waals surface area contributed by atoms with E-state index in [0.717, 1.165) is 270 Å². The van der Waals surface area contributed by atoms with Gasteiger partial charge in [-0.2, -0.15) is 5.10 Å². The molecule has 27 rings (SSSR count). The van der Waals surface area contributed by atoms with Crippen LogP contribution in [0.2, 0.25) is 0 Å². The van der Waals surface area contributed by atoms with Crippen molar-refractivity contribution in [3.63, 3.8) is 0 Å². The highest BCUT2D eigenvalue weighted by atomic mass is 32.2. The van der Waals surface area contributed by atoms with Gasteiger partial charge in [-0.25, -0.2) is 38.3 Å². The van der Waals surface area contributed by atoms with Crippen LogP contribution >= 0.6 is 0 Å². The minimum Gasteiger partial charge on any atom is -0.472 e. The zero-order valence-electron chi connectivity index (χ0n) is 84.7. The van der Waals surface area contributed by atoms with Crippen LogP contribution in [0.25, 0.3) is 177 Å². The molecule has 21 aromatic rings. The lowest BCUT2D eigenvalue weighted by Gasteiger charge is -2.20. The van der Waals surface area contributed by atoms with Crippen molar-refractivity contribution in [3.8, 4) is 106 Å². The molecule has 10 aromatic carbocycles. The number of hydrogen-bond donors (Lipinski definition) is 8. The van der Waals surface area contributed by atoms with Crippen LogP contribution in [0.5, 0.6) is 5.88 Å². The maximum absolute atomic E-state index is 12.6. The molecule has 11 aromatic heterocycles. The minimum absolute atomic E-state index is 0.223. The van der Waals surface area contributed by atoms with Crippen molar-refractivity contribution >= 4 is 98.9 Å². The van der Waals surface area contributed by atoms with Crippen molar-refractivity contribution in [2.45, 2.75) is 177 Å². The SMILES string of the molecule is C=C1C=C(c2cc(-c3c(C)noc3C)cc3[nH]c(C4CC4)nc23)C=CN1.C=C1NN=C(c2cc(-c3c(C)noc3C)cc3[nH]c(C4CC4)nc23)c2ccccc21.Cc1nc2c(-c3cccc4ccccc34)cc(-c3c(C)noc3C)cc2[nH]1.Cc1noc(C)c1-c1cc(-c2ccccc2-c2ccccc2)c2nc(NS(=O)(=O)C3CC3)[nH]c2c1.Cc1noc(C)c1-c1cc(-c2ccnc(OC(C)(C)C)c2)c2nc(C3CC3)[nH]c2c1. The average molecular weight is 1980 g/mol. The van der Waals surface area contributed by atoms with Gasteiger partial charge in [0.25, 0.3) is 0 Å². The first kappa shape index (κ1) is 94.4. The predicted octanol–water partition coefficient (Wildman–Crippen LogP) is 27.8. The molecule has 4 aliphatic carbocycles. The third-order valence-corrected chi connectivity index (χ3v) is 29.7. The van der Waals surface area contributed by atoms with Gasteiger partial charge < -0.3 is 57.6 Å². The molecule has 13 heterocycles. The fraction of sp³-hybridized carbons (Fsp3) is 0.227. The molecule has 0 radical (unpaired) electrons. The van der Waals surface area contributed by atoms with Gasteiger partial charge in [-0.1, -0.05) is 160 Å². The van der Waals surface area contributed by atoms with Gasteiger partial charge in [-0.3, -0.25) is 10.1 Å². The number of sulfonamides is 1. The molecule has 4 fully saturated rings. The number of allylic oxidation sites excluding steroid dienone is 3. The Hall–Kier alpha value is -17.2. The number of anilines is 1. The monoisotopic (exact) mass is 1980 g/mol. The Balaban J connectivity index is 0.000000102. The first-order valence-electron chi connectivity index (χ1n) is 50.1. The zero-order valence-corrected chi connectivity index (χ0v) is 85.5. The smallest absolute Gasteiger partial charge is 0.237 e. The van der Waals surface area contributed by atoms with Crippen LogP contribution in [-0.4, -0.2) is 106 Å². The van der Waals surface area contributed by atoms with Gasteiger partial charge in [0.15, 0.2) is 0 Å². The van der Waals surface area contributed by atoms with Crippen LogP contribution in [0.3, 0.4) is 0 Å². The van der Waals surface area contributed by atoms with Crippen LogP contribution in [0, 0.1) is 76.2 Å². The molecule has 28 nitrogen and oxygen atoms in total. The van der Waals surface area contributed by atoms with E-state index in [2.05, 4.69) is 235 Å². The van der Waals surface area contributed by atoms with E-state index in [1.54, 1.807) is 6.20 Å². The Morgan fingerprint density at radius 1 is 0.385 bits per heavy atom. The molecule has 740 valence electrons. The van der Waals surface area contributed by atoms with E-state index in [1.807, 2.05) is 164 Å². The highest BCUT2D eigenvalue weighted by Crippen LogP contribution is 2.49. The molecule has 4 saturated carbocycles. The summed E-state index contributed by atoms with van der Waals surface area (Å²) in [5.74, 6) is 10.6. The van der Waals surface area contributed by atoms with Crippen molar-refractivity contribution in [1.82, 2.24) is 91.3 Å². The van der Waals surface area contributed by atoms with Crippen LogP contribution < -0.4 is 20.2 Å². The van der Waals surface area contributed by atoms with Crippen LogP contribution in [-0.2, 0) is 10.0 Å². The minimum atomic E-state index is -3.45. The molecule has 6 aliphatic rings. The number of fused-ring (bicyclic) bond motifs is 7. The largest absolute Gasteiger partial charge is 0.472 e. The normalized spacial score (nSPS) is 14.5. The predicted molar refractivity (Wildman–Crippen MR) is 583 cm³/mol. The number of dihydropyridines is 1. The topological polar surface area (TPSA) is 378 Å². The second kappa shape index (κ2) is 37.8. The fourth-order valence-electron chi connectivity index (χ4n) is 20.4. The maximum Gasteiger partial charge on any atom is 0.237 e. The number of pyridine rings is 1. The van der Waals surface area contributed by atoms with Crippen molar-refractivity contribution in [2.75, 3.05) is 4.72 Å². The Labute approximate surface area is 853 Å². The summed E-state index contributed by atoms with van der Waals surface area (Å²) in [4.78, 5) is 46.0. The van der Waals surface area contributed by atoms with Gasteiger partial charge in [0.1, 0.15) is 63.4 Å². The summed E-state index contributed by atoms with van der Waals surface area (Å²) in [5, 5.41) is 30.6. The quantitative estimate of drug-likeness (QED) is 0.0395. The second-order valence-electron chi connectivity index (χ2n) is 40.3. The van der Waals surface area contributed by atoms with Crippen LogP contribution in [0.15, 0.2) is 265 Å². The molecule has 0 spiro atoms. The first-order valence-corrected chi connectivity index (χ1v) is 51.6. The van der Waals surface area contributed by atoms with E-state index in [-0.39, 0.29) is 16.8 Å². The summed E-state index contributed by atoms with van der Waals surface area (Å²) in [6, 6.07) is 66.8. The molecular formula is C119H110N20O8S. The lowest BCUT2D eigenvalue weighted by Crippen LogP contribution is -2.23. The van der Waals surface area contributed by atoms with Crippen molar-refractivity contribution in [3.05, 3.63) is 340 Å². The molecule has 0 saturated heterocycles. The van der Waals surface area contributed by atoms with E-state index >= 15 is 0 Å². The number of nitrogens with one attached hydrogen (secondary N) is 8. The number of benzene rings is 10. The van der Waals surface area contributed by atoms with Gasteiger partial charge in [0.05, 0.1) is 94.6 Å². The number of H-pyrrole nitrogens is 5. The summed E-state index contributed by atoms with van der Waals surface area (Å²) in [6.45, 7) is 35.7. The summed E-state index contributed by atoms with van der Waals surface area (Å²) in [7, 11) is -3.45. The molecule has 0 atom stereocenters. The highest BCUT2D eigenvalue weighted by Gasteiger charge is 2.38. The molecule has 2 aliphatic heterocycles. The standard InChI is InChI=1S/C27H24N4O3S.C24H21N5O.C24H26N4O2.C23H19N3O.C21H20N4O/c1-16-25(17(2)34-30-16)19-14-23(22-11-7-6-10-21(22)18-8-4-3-5-9-18)26-24(15-19)28-27(29-26)31-35(32,33)20-12-13-20;1-12-17-6-4-5-7-18(17)22(28-27-12)19-10-16(21-13(2)29-30-14(21)3)11-20-23(19)26-24(25-20)15-8-9-15;1-13-21(14(2)30-28-13)17-10-18(16-8-9-25-20(12-16)29-24(3,4)5)22-19(11-17)26-23(27-22)15-6-7-15;1-13-22(14(2)27-26-13)17-11-20(23-21(12-17)24-15(3)25-23)19-10-6-8-16-7-4-5-9-18(16)19;1-11-8-15(6-7-22-11)17-9-16(19-12(2)25-26-13(19)3)10-18-20(17)24-21(23-18)14-4-5-14/h3-11,14-15,20H,12-13H2,1-2H3,(H2,28,29,31);4-7,10-11,15,27H,1,8-9H2,2-3H3,(H,25,26);8-12,15H,6-7H2,1-5H3,(H,26,27);4-12H,1-3H3,(H,24,25);6-10,14,22H,1,4-5H2,2-3H3,(H,23,24). The van der Waals surface area contributed by atoms with Gasteiger partial charge in [0.2, 0.25) is 21.9 Å². The average Bonchev–Trinajstić information content (AvgIpc) is 1.18. The van der Waals surface area contributed by atoms with Crippen molar-refractivity contribution < 1.29 is 35.8 Å². The van der Waals surface area contributed by atoms with Crippen LogP contribution in [0.1, 0.15) is 193 Å². The molecule has 0 amide bonds. The summed E-state index contributed by atoms with van der Waals surface area (Å²) in [5.41, 5.74) is 43.1. The Morgan fingerprint density at radius 3 is 1.30 bits per heavy atom. The number of nitrogens with zero attached hydrogens (tertiary/aromatic N) is 12. The number of aromatic nitrogens is 16. The van der Waals surface area contributed by atoms with E-state index in [4.69, 9.17) is 52.3 Å². The number of ether oxygens (including phenoxy) is 1. The lowest BCUT2D eigenvalue weighted by atomic mass is 9.91. The molecular weight excluding hydrogens is 1870 g/mol. The number of imidazole rings is 5. The molecule has 148 heavy (non-hydrogen) atoms. The Bertz CT molecular complexity index is 9010. The van der Waals surface area contributed by atoms with Crippen LogP contribution in [0.4, 0.5) is 5.95 Å². The molecule has 0 bridgehead atoms. The number of hydrazone groups is 1. The Morgan fingerprint density at radius 2 is 0.804 bits per heavy atom. The highest BCUT2D eigenvalue weighted by molar-refractivity contribution is 7.93. The number of aryl methyl sites for hydroxylation is 11. The van der Waals surface area contributed by atoms with Crippen molar-refractivity contribution in [2.24, 2.45) is 5.10 Å². The summed E-state index contributed by atoms with van der Waals surface area (Å²) in [6.07, 6.45) is 16.4. The molecule has 29 heteroatoms. The number of rotatable bonds is 18. The summed E-state index contributed by atoms with van der Waals surface area (Å²) < 4.78 is 60.9. The number of hydrogen-bond acceptors (Lipinski definition) is 22. The Kier molecular flexibility index (Phi) is 24.1. The van der Waals surface area contributed by atoms with Gasteiger partial charge in [-0.15, -0.1) is 0 Å². The number of aromatic amines is 5. The van der Waals surface area contributed by atoms with E-state index in [9.17, 15) is 8.42 Å². The van der Waals surface area contributed by atoms with E-state index in [1.165, 1.54) is 54.9 Å². The fourth-order valence-corrected chi connectivity index (χ4v) is 21.7. The molecule has 8 N–H and O–H groups in total. The molecule has 0 unspecified atom stereocenters. The third-order valence-electron chi connectivity index (χ3n) is 27.9. The third kappa shape index (κ3) is 18.7. The zero-order chi connectivity index (χ0) is 102. The van der Waals surface area contributed by atoms with Gasteiger partial charge in [-0.05, 0) is 299 Å². The lowest BCUT2D eigenvalue weighted by molar-refractivity contribution is 0.124. The summed E-state index contributed by atoms with van der Waals surface area (Å²) >= 11 is 0. The van der Waals surface area contributed by atoms with Gasteiger partial charge in [0, 0.05) is 109 Å². The van der Waals surface area contributed by atoms with Gasteiger partial charge >= 0.3 is 0 Å². The van der Waals surface area contributed by atoms with Crippen molar-refractivity contribution in [1.29, 1.82) is 0 Å². The first-order chi connectivity index (χ1) is 71.5. The van der Waals surface area contributed by atoms with E-state index in [0.29, 0.717) is 42.0 Å². The second-order valence-corrected chi connectivity index (χ2v) is 42.2. The van der Waals surface area contributed by atoms with E-state index < -0.39 is 10.0 Å². The maximum atomic E-state index is 12.6.